The fourth-order valence-corrected chi connectivity index (χ4v) is 5.10. The third-order valence-corrected chi connectivity index (χ3v) is 6.73. The molecule has 0 saturated carbocycles. The molecule has 1 saturated heterocycles. The van der Waals surface area contributed by atoms with Crippen molar-refractivity contribution in [3.05, 3.63) is 57.8 Å². The van der Waals surface area contributed by atoms with Crippen LogP contribution >= 0.6 is 11.3 Å². The van der Waals surface area contributed by atoms with Crippen molar-refractivity contribution in [2.75, 3.05) is 32.8 Å². The van der Waals surface area contributed by atoms with Gasteiger partial charge in [0.2, 0.25) is 0 Å². The molecule has 2 aliphatic rings. The van der Waals surface area contributed by atoms with E-state index in [0.29, 0.717) is 19.0 Å². The summed E-state index contributed by atoms with van der Waals surface area (Å²) in [5, 5.41) is 12.5. The van der Waals surface area contributed by atoms with E-state index >= 15 is 0 Å². The van der Waals surface area contributed by atoms with Crippen molar-refractivity contribution >= 4 is 17.4 Å². The molecule has 2 aromatic rings. The smallest absolute Gasteiger partial charge is 0.409 e. The molecule has 6 heteroatoms. The van der Waals surface area contributed by atoms with Gasteiger partial charge in [0.1, 0.15) is 12.7 Å². The van der Waals surface area contributed by atoms with Crippen molar-refractivity contribution in [1.29, 1.82) is 0 Å². The molecule has 1 aromatic heterocycles. The van der Waals surface area contributed by atoms with Crippen LogP contribution < -0.4 is 0 Å². The first kappa shape index (κ1) is 19.4. The number of likely N-dealkylation sites (tertiary alicyclic amines) is 1. The topological polar surface area (TPSA) is 53.0 Å². The number of piperidine rings is 1. The maximum Gasteiger partial charge on any atom is 0.409 e. The van der Waals surface area contributed by atoms with Crippen molar-refractivity contribution in [3.63, 3.8) is 0 Å². The highest BCUT2D eigenvalue weighted by Gasteiger charge is 2.26. The fourth-order valence-electron chi connectivity index (χ4n) is 4.21. The molecule has 2 aliphatic heterocycles. The van der Waals surface area contributed by atoms with E-state index in [4.69, 9.17) is 4.74 Å². The lowest BCUT2D eigenvalue weighted by Crippen LogP contribution is -2.42. The molecule has 1 fully saturated rings. The Bertz CT molecular complexity index is 779. The van der Waals surface area contributed by atoms with Crippen LogP contribution in [0.15, 0.2) is 41.8 Å². The number of thiophene rings is 1. The van der Waals surface area contributed by atoms with Crippen molar-refractivity contribution in [2.24, 2.45) is 0 Å². The second-order valence-electron chi connectivity index (χ2n) is 7.78. The summed E-state index contributed by atoms with van der Waals surface area (Å²) in [6.07, 6.45) is 2.15. The number of aliphatic hydroxyl groups is 1. The molecule has 1 aromatic carbocycles. The largest absolute Gasteiger partial charge is 0.447 e. The Labute approximate surface area is 170 Å². The number of ether oxygens (including phenoxy) is 1. The zero-order valence-electron chi connectivity index (χ0n) is 16.1. The van der Waals surface area contributed by atoms with Crippen LogP contribution in [0.2, 0.25) is 0 Å². The predicted octanol–water partition coefficient (Wildman–Crippen LogP) is 3.48. The number of benzene rings is 1. The molecule has 5 nitrogen and oxygen atoms in total. The maximum absolute atomic E-state index is 12.5. The van der Waals surface area contributed by atoms with E-state index in [1.165, 1.54) is 16.0 Å². The van der Waals surface area contributed by atoms with Gasteiger partial charge < -0.3 is 14.7 Å². The quantitative estimate of drug-likeness (QED) is 0.835. The lowest BCUT2D eigenvalue weighted by molar-refractivity contribution is 0.0243. The van der Waals surface area contributed by atoms with Crippen LogP contribution in [0.3, 0.4) is 0 Å². The highest BCUT2D eigenvalue weighted by molar-refractivity contribution is 7.10. The van der Waals surface area contributed by atoms with Crippen LogP contribution in [0.5, 0.6) is 0 Å². The molecule has 0 bridgehead atoms. The molecule has 3 heterocycles. The highest BCUT2D eigenvalue weighted by Crippen LogP contribution is 2.27. The maximum atomic E-state index is 12.5. The zero-order chi connectivity index (χ0) is 19.3. The first-order valence-corrected chi connectivity index (χ1v) is 11.0. The van der Waals surface area contributed by atoms with E-state index < -0.39 is 6.10 Å². The summed E-state index contributed by atoms with van der Waals surface area (Å²) in [4.78, 5) is 18.0. The summed E-state index contributed by atoms with van der Waals surface area (Å²) in [6, 6.07) is 12.5. The van der Waals surface area contributed by atoms with Crippen LogP contribution in [-0.2, 0) is 17.7 Å². The van der Waals surface area contributed by atoms with Gasteiger partial charge >= 0.3 is 6.09 Å². The summed E-state index contributed by atoms with van der Waals surface area (Å²) in [6.45, 7) is 3.82. The summed E-state index contributed by atoms with van der Waals surface area (Å²) in [5.41, 5.74) is 2.64. The minimum Gasteiger partial charge on any atom is -0.447 e. The Kier molecular flexibility index (Phi) is 6.29. The summed E-state index contributed by atoms with van der Waals surface area (Å²) in [7, 11) is 0. The Morgan fingerprint density at radius 3 is 2.96 bits per heavy atom. The minimum absolute atomic E-state index is 0.0539. The molecule has 0 spiro atoms. The summed E-state index contributed by atoms with van der Waals surface area (Å²) >= 11 is 1.81. The second kappa shape index (κ2) is 9.07. The van der Waals surface area contributed by atoms with Gasteiger partial charge in [0, 0.05) is 43.5 Å². The highest BCUT2D eigenvalue weighted by atomic mass is 32.1. The number of hydrogen-bond donors (Lipinski definition) is 1. The van der Waals surface area contributed by atoms with Gasteiger partial charge in [0.05, 0.1) is 0 Å². The van der Waals surface area contributed by atoms with E-state index in [1.54, 1.807) is 4.90 Å². The van der Waals surface area contributed by atoms with E-state index in [9.17, 15) is 9.90 Å². The third-order valence-electron chi connectivity index (χ3n) is 5.71. The first-order chi connectivity index (χ1) is 13.7. The number of hydrogen-bond acceptors (Lipinski definition) is 5. The monoisotopic (exact) mass is 400 g/mol. The molecule has 0 aliphatic carbocycles. The van der Waals surface area contributed by atoms with Crippen molar-refractivity contribution in [3.8, 4) is 0 Å². The normalized spacial score (nSPS) is 21.2. The number of nitrogens with zero attached hydrogens (tertiary/aromatic N) is 2. The van der Waals surface area contributed by atoms with E-state index in [2.05, 4.69) is 28.5 Å². The van der Waals surface area contributed by atoms with Gasteiger partial charge in [-0.3, -0.25) is 4.90 Å². The number of carbonyl (C=O) groups is 1. The van der Waals surface area contributed by atoms with Gasteiger partial charge in [0.25, 0.3) is 0 Å². The first-order valence-electron chi connectivity index (χ1n) is 10.1. The Hall–Kier alpha value is -1.89. The molecule has 28 heavy (non-hydrogen) atoms. The number of carbonyl (C=O) groups excluding carboxylic acids is 1. The Morgan fingerprint density at radius 2 is 2.11 bits per heavy atom. The van der Waals surface area contributed by atoms with Gasteiger partial charge in [-0.25, -0.2) is 4.79 Å². The molecule has 0 radical (unpaired) electrons. The summed E-state index contributed by atoms with van der Waals surface area (Å²) in [5.74, 6) is 0.362. The Morgan fingerprint density at radius 1 is 1.25 bits per heavy atom. The molecular weight excluding hydrogens is 372 g/mol. The van der Waals surface area contributed by atoms with Crippen molar-refractivity contribution in [2.45, 2.75) is 37.8 Å². The van der Waals surface area contributed by atoms with E-state index in [0.717, 1.165) is 38.9 Å². The van der Waals surface area contributed by atoms with Crippen molar-refractivity contribution in [1.82, 2.24) is 9.80 Å². The third kappa shape index (κ3) is 4.74. The van der Waals surface area contributed by atoms with Gasteiger partial charge in [0.15, 0.2) is 0 Å². The average molecular weight is 401 g/mol. The zero-order valence-corrected chi connectivity index (χ0v) is 16.9. The fraction of sp³-hybridized carbons (Fsp3) is 0.500. The second-order valence-corrected chi connectivity index (χ2v) is 8.78. The van der Waals surface area contributed by atoms with Crippen molar-refractivity contribution < 1.29 is 14.6 Å². The number of amides is 1. The number of rotatable bonds is 5. The summed E-state index contributed by atoms with van der Waals surface area (Å²) < 4.78 is 5.44. The number of aliphatic hydroxyl groups excluding tert-OH is 1. The molecule has 1 amide bonds. The number of fused-ring (bicyclic) bond motifs is 1. The lowest BCUT2D eigenvalue weighted by atomic mass is 9.91. The van der Waals surface area contributed by atoms with Gasteiger partial charge in [-0.15, -0.1) is 11.3 Å². The standard InChI is InChI=1S/C22H28N2O3S/c25-20(15-23-11-8-21-19(13-23)9-12-28-21)16-27-22(26)24-10-4-7-18(14-24)17-5-2-1-3-6-17/h1-3,5-6,9,12,18,20,25H,4,7-8,10-11,13-16H2. The molecule has 2 unspecified atom stereocenters. The van der Waals surface area contributed by atoms with Crippen LogP contribution in [0, 0.1) is 0 Å². The SMILES string of the molecule is O=C(OCC(O)CN1CCc2sccc2C1)N1CCCC(c2ccccc2)C1. The molecular formula is C22H28N2O3S. The van der Waals surface area contributed by atoms with E-state index in [-0.39, 0.29) is 12.7 Å². The van der Waals surface area contributed by atoms with Gasteiger partial charge in [-0.2, -0.15) is 0 Å². The van der Waals surface area contributed by atoms with Crippen LogP contribution in [-0.4, -0.2) is 59.9 Å². The predicted molar refractivity (Wildman–Crippen MR) is 111 cm³/mol. The molecule has 150 valence electrons. The molecule has 1 N–H and O–H groups in total. The lowest BCUT2D eigenvalue weighted by Gasteiger charge is -2.33. The van der Waals surface area contributed by atoms with E-state index in [1.807, 2.05) is 29.5 Å². The molecule has 2 atom stereocenters. The minimum atomic E-state index is -0.654. The van der Waals surface area contributed by atoms with Crippen LogP contribution in [0.1, 0.15) is 34.8 Å². The van der Waals surface area contributed by atoms with Crippen LogP contribution in [0.4, 0.5) is 4.79 Å². The molecule has 4 rings (SSSR count). The van der Waals surface area contributed by atoms with Gasteiger partial charge in [-0.05, 0) is 41.8 Å². The van der Waals surface area contributed by atoms with Crippen LogP contribution in [0.25, 0.3) is 0 Å². The Balaban J connectivity index is 1.22. The average Bonchev–Trinajstić information content (AvgIpc) is 3.20. The van der Waals surface area contributed by atoms with Gasteiger partial charge in [-0.1, -0.05) is 30.3 Å². The number of β-amino-alcohol motifs (C(OH)–C–C–N with tert-alkyl or cyclic N) is 1.